The maximum absolute atomic E-state index is 12.3. The fraction of sp³-hybridized carbons (Fsp3) is 0.529. The third-order valence-corrected chi connectivity index (χ3v) is 3.51. The van der Waals surface area contributed by atoms with Crippen molar-refractivity contribution in [3.05, 3.63) is 17.7 Å². The molecule has 2 amide bonds. The molecule has 0 radical (unpaired) electrons. The average molecular weight is 354 g/mol. The largest absolute Gasteiger partial charge is 0.493 e. The van der Waals surface area contributed by atoms with E-state index in [0.717, 1.165) is 6.54 Å². The van der Waals surface area contributed by atoms with Gasteiger partial charge in [-0.15, -0.1) is 0 Å². The van der Waals surface area contributed by atoms with E-state index in [1.807, 2.05) is 14.1 Å². The molecular weight excluding hydrogens is 326 g/mol. The first-order valence-electron chi connectivity index (χ1n) is 8.06. The molecule has 1 aromatic carbocycles. The number of methoxy groups -OCH3 is 3. The number of nitrogens with one attached hydrogen (secondary N) is 3. The Hall–Kier alpha value is -2.48. The van der Waals surface area contributed by atoms with Crippen LogP contribution in [-0.4, -0.2) is 66.9 Å². The van der Waals surface area contributed by atoms with Crippen LogP contribution in [-0.2, 0) is 4.79 Å². The molecule has 1 aromatic rings. The standard InChI is InChI=1S/C17H27N3O5/c1-20(2)9-8-18-15(21)6-7-19-17(22)12-10-13(23-3)16(25-5)14(11-12)24-4/h10-11H,6-9H2,1-5H3,(H,18,21)(H,19,22)/p+1. The lowest BCUT2D eigenvalue weighted by Crippen LogP contribution is -3.06. The summed E-state index contributed by atoms with van der Waals surface area (Å²) >= 11 is 0. The van der Waals surface area contributed by atoms with Crippen LogP contribution in [0.5, 0.6) is 17.2 Å². The smallest absolute Gasteiger partial charge is 0.251 e. The van der Waals surface area contributed by atoms with E-state index in [-0.39, 0.29) is 24.8 Å². The van der Waals surface area contributed by atoms with E-state index in [0.29, 0.717) is 29.4 Å². The van der Waals surface area contributed by atoms with Crippen LogP contribution < -0.4 is 29.7 Å². The van der Waals surface area contributed by atoms with E-state index >= 15 is 0 Å². The molecule has 0 unspecified atom stereocenters. The lowest BCUT2D eigenvalue weighted by atomic mass is 10.1. The minimum absolute atomic E-state index is 0.0913. The number of rotatable bonds is 10. The molecule has 8 heteroatoms. The Morgan fingerprint density at radius 1 is 0.960 bits per heavy atom. The third kappa shape index (κ3) is 6.50. The number of hydrogen-bond acceptors (Lipinski definition) is 5. The highest BCUT2D eigenvalue weighted by Crippen LogP contribution is 2.38. The van der Waals surface area contributed by atoms with Crippen molar-refractivity contribution in [3.63, 3.8) is 0 Å². The predicted molar refractivity (Wildman–Crippen MR) is 93.7 cm³/mol. The van der Waals surface area contributed by atoms with E-state index in [4.69, 9.17) is 14.2 Å². The molecule has 0 saturated heterocycles. The van der Waals surface area contributed by atoms with E-state index < -0.39 is 0 Å². The van der Waals surface area contributed by atoms with Gasteiger partial charge in [0.15, 0.2) is 11.5 Å². The number of ether oxygens (including phenoxy) is 3. The molecule has 25 heavy (non-hydrogen) atoms. The van der Waals surface area contributed by atoms with Gasteiger partial charge < -0.3 is 29.7 Å². The Morgan fingerprint density at radius 2 is 1.56 bits per heavy atom. The van der Waals surface area contributed by atoms with Gasteiger partial charge in [-0.3, -0.25) is 9.59 Å². The maximum atomic E-state index is 12.3. The highest BCUT2D eigenvalue weighted by atomic mass is 16.5. The minimum Gasteiger partial charge on any atom is -0.493 e. The molecule has 0 bridgehead atoms. The van der Waals surface area contributed by atoms with Crippen molar-refractivity contribution in [2.75, 3.05) is 55.1 Å². The van der Waals surface area contributed by atoms with Gasteiger partial charge in [0.05, 0.1) is 48.5 Å². The number of amides is 2. The molecule has 0 fully saturated rings. The number of likely N-dealkylation sites (N-methyl/N-ethyl adjacent to an activating group) is 1. The van der Waals surface area contributed by atoms with Gasteiger partial charge in [-0.05, 0) is 12.1 Å². The van der Waals surface area contributed by atoms with Crippen molar-refractivity contribution in [2.24, 2.45) is 0 Å². The van der Waals surface area contributed by atoms with E-state index in [1.54, 1.807) is 12.1 Å². The summed E-state index contributed by atoms with van der Waals surface area (Å²) in [5.74, 6) is 0.812. The Kier molecular flexibility index (Phi) is 8.55. The predicted octanol–water partition coefficient (Wildman–Crippen LogP) is -0.907. The Bertz CT molecular complexity index is 565. The van der Waals surface area contributed by atoms with Gasteiger partial charge in [0.2, 0.25) is 11.7 Å². The Balaban J connectivity index is 2.59. The number of carbonyl (C=O) groups excluding carboxylic acids is 2. The summed E-state index contributed by atoms with van der Waals surface area (Å²) in [6.45, 7) is 1.71. The highest BCUT2D eigenvalue weighted by molar-refractivity contribution is 5.95. The zero-order valence-corrected chi connectivity index (χ0v) is 15.5. The topological polar surface area (TPSA) is 90.3 Å². The summed E-state index contributed by atoms with van der Waals surface area (Å²) in [6, 6.07) is 3.13. The molecule has 0 atom stereocenters. The van der Waals surface area contributed by atoms with Crippen molar-refractivity contribution < 1.29 is 28.7 Å². The summed E-state index contributed by atoms with van der Waals surface area (Å²) in [7, 11) is 8.50. The van der Waals surface area contributed by atoms with E-state index in [2.05, 4.69) is 10.6 Å². The quantitative estimate of drug-likeness (QED) is 0.506. The molecule has 0 heterocycles. The molecule has 1 rings (SSSR count). The Labute approximate surface area is 148 Å². The molecule has 8 nitrogen and oxygen atoms in total. The minimum atomic E-state index is -0.315. The second-order valence-corrected chi connectivity index (χ2v) is 5.73. The lowest BCUT2D eigenvalue weighted by molar-refractivity contribution is -0.856. The molecule has 0 aliphatic carbocycles. The van der Waals surface area contributed by atoms with Crippen LogP contribution in [0.3, 0.4) is 0 Å². The number of benzene rings is 1. The van der Waals surface area contributed by atoms with Crippen LogP contribution in [0.1, 0.15) is 16.8 Å². The number of hydrogen-bond donors (Lipinski definition) is 3. The normalized spacial score (nSPS) is 10.3. The van der Waals surface area contributed by atoms with Crippen LogP contribution in [0.4, 0.5) is 0 Å². The first-order valence-corrected chi connectivity index (χ1v) is 8.06. The van der Waals surface area contributed by atoms with Gasteiger partial charge in [0, 0.05) is 18.5 Å². The number of carbonyl (C=O) groups is 2. The summed E-state index contributed by atoms with van der Waals surface area (Å²) in [5.41, 5.74) is 0.367. The molecule has 0 aliphatic heterocycles. The number of quaternary nitrogens is 1. The highest BCUT2D eigenvalue weighted by Gasteiger charge is 2.17. The maximum Gasteiger partial charge on any atom is 0.251 e. The van der Waals surface area contributed by atoms with Crippen LogP contribution in [0, 0.1) is 0 Å². The fourth-order valence-corrected chi connectivity index (χ4v) is 2.14. The first-order chi connectivity index (χ1) is 11.9. The summed E-state index contributed by atoms with van der Waals surface area (Å²) in [5, 5.41) is 5.52. The average Bonchev–Trinajstić information content (AvgIpc) is 2.59. The van der Waals surface area contributed by atoms with Crippen molar-refractivity contribution in [2.45, 2.75) is 6.42 Å². The Morgan fingerprint density at radius 3 is 2.04 bits per heavy atom. The summed E-state index contributed by atoms with van der Waals surface area (Å²) < 4.78 is 15.7. The van der Waals surface area contributed by atoms with Crippen molar-refractivity contribution in [1.82, 2.24) is 10.6 Å². The molecule has 0 saturated carbocycles. The zero-order valence-electron chi connectivity index (χ0n) is 15.5. The molecule has 3 N–H and O–H groups in total. The van der Waals surface area contributed by atoms with Crippen molar-refractivity contribution >= 4 is 11.8 Å². The van der Waals surface area contributed by atoms with Gasteiger partial charge in [0.25, 0.3) is 5.91 Å². The first kappa shape index (κ1) is 20.6. The second-order valence-electron chi connectivity index (χ2n) is 5.73. The van der Waals surface area contributed by atoms with Crippen LogP contribution in [0.25, 0.3) is 0 Å². The van der Waals surface area contributed by atoms with Crippen LogP contribution in [0.15, 0.2) is 12.1 Å². The summed E-state index contributed by atoms with van der Waals surface area (Å²) in [6.07, 6.45) is 0.221. The fourth-order valence-electron chi connectivity index (χ4n) is 2.14. The van der Waals surface area contributed by atoms with E-state index in [1.165, 1.54) is 26.2 Å². The SMILES string of the molecule is COc1cc(C(=O)NCCC(=O)NCC[NH+](C)C)cc(OC)c1OC. The molecule has 140 valence electrons. The third-order valence-electron chi connectivity index (χ3n) is 3.51. The van der Waals surface area contributed by atoms with Gasteiger partial charge in [0.1, 0.15) is 0 Å². The van der Waals surface area contributed by atoms with Gasteiger partial charge in [-0.25, -0.2) is 0 Å². The van der Waals surface area contributed by atoms with Gasteiger partial charge in [-0.2, -0.15) is 0 Å². The zero-order chi connectivity index (χ0) is 18.8. The van der Waals surface area contributed by atoms with Crippen molar-refractivity contribution in [1.29, 1.82) is 0 Å². The molecular formula is C17H28N3O5+. The van der Waals surface area contributed by atoms with Crippen LogP contribution >= 0.6 is 0 Å². The molecule has 0 aliphatic rings. The van der Waals surface area contributed by atoms with Crippen LogP contribution in [0.2, 0.25) is 0 Å². The molecule has 0 spiro atoms. The van der Waals surface area contributed by atoms with Gasteiger partial charge >= 0.3 is 0 Å². The lowest BCUT2D eigenvalue weighted by Gasteiger charge is -2.14. The van der Waals surface area contributed by atoms with Crippen molar-refractivity contribution in [3.8, 4) is 17.2 Å². The molecule has 0 aromatic heterocycles. The van der Waals surface area contributed by atoms with E-state index in [9.17, 15) is 9.59 Å². The second kappa shape index (κ2) is 10.4. The monoisotopic (exact) mass is 354 g/mol. The summed E-state index contributed by atoms with van der Waals surface area (Å²) in [4.78, 5) is 25.2. The van der Waals surface area contributed by atoms with Gasteiger partial charge in [-0.1, -0.05) is 0 Å².